The van der Waals surface area contributed by atoms with E-state index in [1.165, 1.54) is 0 Å². The average Bonchev–Trinajstić information content (AvgIpc) is 3.22. The number of aryl methyl sites for hydroxylation is 1. The van der Waals surface area contributed by atoms with E-state index in [1.54, 1.807) is 12.1 Å². The lowest BCUT2D eigenvalue weighted by molar-refractivity contribution is 0.262. The lowest BCUT2D eigenvalue weighted by atomic mass is 10.0. The monoisotopic (exact) mass is 256 g/mol. The van der Waals surface area contributed by atoms with Gasteiger partial charge in [-0.15, -0.1) is 0 Å². The van der Waals surface area contributed by atoms with Crippen molar-refractivity contribution in [2.24, 2.45) is 0 Å². The van der Waals surface area contributed by atoms with E-state index in [4.69, 9.17) is 9.47 Å². The maximum absolute atomic E-state index is 9.30. The highest BCUT2D eigenvalue weighted by atomic mass is 16.6. The molecule has 0 aliphatic carbocycles. The molecule has 1 aliphatic rings. The molecule has 0 radical (unpaired) electrons. The molecule has 0 amide bonds. The summed E-state index contributed by atoms with van der Waals surface area (Å²) in [5, 5.41) is 9.30. The SMILES string of the molecule is Cc1cc(-c2ccc(O)cc2)ccc1OCC1CO1. The molecule has 0 aromatic heterocycles. The molecular weight excluding hydrogens is 240 g/mol. The van der Waals surface area contributed by atoms with Crippen molar-refractivity contribution in [3.05, 3.63) is 48.0 Å². The van der Waals surface area contributed by atoms with Gasteiger partial charge < -0.3 is 14.6 Å². The van der Waals surface area contributed by atoms with Crippen LogP contribution in [0.3, 0.4) is 0 Å². The van der Waals surface area contributed by atoms with Crippen LogP contribution < -0.4 is 4.74 Å². The van der Waals surface area contributed by atoms with Crippen LogP contribution in [0.5, 0.6) is 11.5 Å². The largest absolute Gasteiger partial charge is 0.508 e. The number of benzene rings is 2. The first-order valence-electron chi connectivity index (χ1n) is 6.37. The minimum absolute atomic E-state index is 0.274. The van der Waals surface area contributed by atoms with Gasteiger partial charge in [-0.25, -0.2) is 0 Å². The van der Waals surface area contributed by atoms with Crippen molar-refractivity contribution in [1.29, 1.82) is 0 Å². The Morgan fingerprint density at radius 3 is 2.47 bits per heavy atom. The smallest absolute Gasteiger partial charge is 0.122 e. The second-order valence-electron chi connectivity index (χ2n) is 4.79. The Morgan fingerprint density at radius 2 is 1.84 bits per heavy atom. The van der Waals surface area contributed by atoms with Crippen LogP contribution in [0.1, 0.15) is 5.56 Å². The fraction of sp³-hybridized carbons (Fsp3) is 0.250. The molecule has 0 bridgehead atoms. The Morgan fingerprint density at radius 1 is 1.16 bits per heavy atom. The number of phenols is 1. The highest BCUT2D eigenvalue weighted by Gasteiger charge is 2.23. The summed E-state index contributed by atoms with van der Waals surface area (Å²) in [6.07, 6.45) is 0.274. The van der Waals surface area contributed by atoms with Gasteiger partial charge in [0.25, 0.3) is 0 Å². The van der Waals surface area contributed by atoms with Gasteiger partial charge in [0.15, 0.2) is 0 Å². The standard InChI is InChI=1S/C16H16O3/c1-11-8-13(12-2-5-14(17)6-3-12)4-7-16(11)19-10-15-9-18-15/h2-8,15,17H,9-10H2,1H3. The Kier molecular flexibility index (Phi) is 3.13. The molecule has 1 N–H and O–H groups in total. The van der Waals surface area contributed by atoms with Crippen LogP contribution in [-0.2, 0) is 4.74 Å². The molecule has 1 atom stereocenters. The number of rotatable bonds is 4. The number of ether oxygens (including phenoxy) is 2. The molecule has 0 spiro atoms. The zero-order valence-corrected chi connectivity index (χ0v) is 10.8. The van der Waals surface area contributed by atoms with Crippen LogP contribution in [0.15, 0.2) is 42.5 Å². The fourth-order valence-corrected chi connectivity index (χ4v) is 1.99. The second-order valence-corrected chi connectivity index (χ2v) is 4.79. The normalized spacial score (nSPS) is 17.2. The number of phenolic OH excluding ortho intramolecular Hbond substituents is 1. The van der Waals surface area contributed by atoms with E-state index < -0.39 is 0 Å². The van der Waals surface area contributed by atoms with Crippen LogP contribution >= 0.6 is 0 Å². The molecule has 2 aromatic rings. The van der Waals surface area contributed by atoms with Gasteiger partial charge in [-0.3, -0.25) is 0 Å². The first-order valence-corrected chi connectivity index (χ1v) is 6.37. The van der Waals surface area contributed by atoms with Crippen molar-refractivity contribution in [2.45, 2.75) is 13.0 Å². The molecule has 2 aromatic carbocycles. The van der Waals surface area contributed by atoms with E-state index in [0.717, 1.165) is 29.0 Å². The van der Waals surface area contributed by atoms with Crippen molar-refractivity contribution in [1.82, 2.24) is 0 Å². The summed E-state index contributed by atoms with van der Waals surface area (Å²) in [5.41, 5.74) is 3.30. The van der Waals surface area contributed by atoms with E-state index in [1.807, 2.05) is 31.2 Å². The Bertz CT molecular complexity index is 571. The van der Waals surface area contributed by atoms with Crippen molar-refractivity contribution in [3.8, 4) is 22.6 Å². The van der Waals surface area contributed by atoms with Crippen molar-refractivity contribution >= 4 is 0 Å². The number of aromatic hydroxyl groups is 1. The van der Waals surface area contributed by atoms with Gasteiger partial charge in [0.05, 0.1) is 6.61 Å². The molecule has 19 heavy (non-hydrogen) atoms. The van der Waals surface area contributed by atoms with E-state index >= 15 is 0 Å². The molecule has 1 saturated heterocycles. The van der Waals surface area contributed by atoms with Gasteiger partial charge in [-0.05, 0) is 47.9 Å². The third-order valence-electron chi connectivity index (χ3n) is 3.20. The van der Waals surface area contributed by atoms with E-state index in [2.05, 4.69) is 6.07 Å². The molecule has 3 heteroatoms. The third kappa shape index (κ3) is 2.88. The summed E-state index contributed by atoms with van der Waals surface area (Å²) in [7, 11) is 0. The van der Waals surface area contributed by atoms with Gasteiger partial charge in [-0.2, -0.15) is 0 Å². The zero-order chi connectivity index (χ0) is 13.2. The summed E-state index contributed by atoms with van der Waals surface area (Å²) in [6, 6.07) is 13.3. The lowest BCUT2D eigenvalue weighted by Crippen LogP contribution is -2.04. The molecule has 3 nitrogen and oxygen atoms in total. The Labute approximate surface area is 112 Å². The maximum atomic E-state index is 9.30. The summed E-state index contributed by atoms with van der Waals surface area (Å²) >= 11 is 0. The summed E-state index contributed by atoms with van der Waals surface area (Å²) in [5.74, 6) is 1.18. The molecule has 1 unspecified atom stereocenters. The second kappa shape index (κ2) is 4.94. The summed E-state index contributed by atoms with van der Waals surface area (Å²) in [6.45, 7) is 3.47. The number of hydrogen-bond donors (Lipinski definition) is 1. The van der Waals surface area contributed by atoms with Crippen molar-refractivity contribution in [2.75, 3.05) is 13.2 Å². The minimum atomic E-state index is 0.274. The van der Waals surface area contributed by atoms with Crippen molar-refractivity contribution < 1.29 is 14.6 Å². The summed E-state index contributed by atoms with van der Waals surface area (Å²) < 4.78 is 10.8. The predicted molar refractivity (Wildman–Crippen MR) is 73.5 cm³/mol. The van der Waals surface area contributed by atoms with Crippen molar-refractivity contribution in [3.63, 3.8) is 0 Å². The number of epoxide rings is 1. The molecule has 1 aliphatic heterocycles. The fourth-order valence-electron chi connectivity index (χ4n) is 1.99. The van der Waals surface area contributed by atoms with Gasteiger partial charge in [0.1, 0.15) is 24.2 Å². The molecule has 1 heterocycles. The molecule has 0 saturated carbocycles. The molecule has 3 rings (SSSR count). The van der Waals surface area contributed by atoms with E-state index in [-0.39, 0.29) is 11.9 Å². The molecule has 98 valence electrons. The van der Waals surface area contributed by atoms with Crippen LogP contribution in [0.25, 0.3) is 11.1 Å². The molecule has 1 fully saturated rings. The van der Waals surface area contributed by atoms with Crippen LogP contribution in [0, 0.1) is 6.92 Å². The quantitative estimate of drug-likeness (QED) is 0.854. The van der Waals surface area contributed by atoms with Crippen LogP contribution in [0.4, 0.5) is 0 Å². The Balaban J connectivity index is 1.79. The highest BCUT2D eigenvalue weighted by Crippen LogP contribution is 2.27. The van der Waals surface area contributed by atoms with Gasteiger partial charge in [0.2, 0.25) is 0 Å². The van der Waals surface area contributed by atoms with Crippen LogP contribution in [-0.4, -0.2) is 24.4 Å². The Hall–Kier alpha value is -2.00. The molecular formula is C16H16O3. The summed E-state index contributed by atoms with van der Waals surface area (Å²) in [4.78, 5) is 0. The topological polar surface area (TPSA) is 42.0 Å². The average molecular weight is 256 g/mol. The first-order chi connectivity index (χ1) is 9.22. The van der Waals surface area contributed by atoms with Gasteiger partial charge >= 0.3 is 0 Å². The predicted octanol–water partition coefficient (Wildman–Crippen LogP) is 3.15. The third-order valence-corrected chi connectivity index (χ3v) is 3.20. The van der Waals surface area contributed by atoms with Crippen LogP contribution in [0.2, 0.25) is 0 Å². The first kappa shape index (κ1) is 12.1. The number of hydrogen-bond acceptors (Lipinski definition) is 3. The zero-order valence-electron chi connectivity index (χ0n) is 10.8. The lowest BCUT2D eigenvalue weighted by Gasteiger charge is -2.10. The van der Waals surface area contributed by atoms with Gasteiger partial charge in [0, 0.05) is 0 Å². The van der Waals surface area contributed by atoms with Gasteiger partial charge in [-0.1, -0.05) is 18.2 Å². The van der Waals surface area contributed by atoms with E-state index in [0.29, 0.717) is 6.61 Å². The highest BCUT2D eigenvalue weighted by molar-refractivity contribution is 5.66. The maximum Gasteiger partial charge on any atom is 0.122 e. The van der Waals surface area contributed by atoms with E-state index in [9.17, 15) is 5.11 Å². The minimum Gasteiger partial charge on any atom is -0.508 e.